The van der Waals surface area contributed by atoms with Crippen LogP contribution in [-0.2, 0) is 0 Å². The van der Waals surface area contributed by atoms with Gasteiger partial charge in [0.05, 0.1) is 6.26 Å². The summed E-state index contributed by atoms with van der Waals surface area (Å²) < 4.78 is 18.5. The van der Waals surface area contributed by atoms with E-state index >= 15 is 0 Å². The second kappa shape index (κ2) is 4.15. The molecule has 0 aliphatic carbocycles. The third kappa shape index (κ3) is 1.95. The molecule has 0 bridgehead atoms. The minimum absolute atomic E-state index is 0.234. The number of nitrogens with zero attached hydrogens (tertiary/aromatic N) is 1. The van der Waals surface area contributed by atoms with Crippen LogP contribution in [0.2, 0.25) is 0 Å². The highest BCUT2D eigenvalue weighted by Crippen LogP contribution is 2.34. The number of furan rings is 1. The van der Waals surface area contributed by atoms with Gasteiger partial charge < -0.3 is 9.32 Å². The predicted molar refractivity (Wildman–Crippen MR) is 65.6 cm³/mol. The van der Waals surface area contributed by atoms with Crippen molar-refractivity contribution in [1.82, 2.24) is 4.90 Å². The number of piperidine rings is 1. The molecule has 0 atom stereocenters. The van der Waals surface area contributed by atoms with E-state index in [4.69, 9.17) is 4.42 Å². The molecule has 1 aliphatic heterocycles. The normalized spacial score (nSPS) is 18.9. The van der Waals surface area contributed by atoms with Crippen LogP contribution in [0.15, 0.2) is 28.9 Å². The van der Waals surface area contributed by atoms with Gasteiger partial charge in [-0.1, -0.05) is 0 Å². The van der Waals surface area contributed by atoms with Crippen molar-refractivity contribution >= 4 is 11.0 Å². The lowest BCUT2D eigenvalue weighted by atomic mass is 9.89. The maximum absolute atomic E-state index is 13.1. The lowest BCUT2D eigenvalue weighted by Crippen LogP contribution is -2.29. The molecule has 0 amide bonds. The largest absolute Gasteiger partial charge is 0.464 e. The summed E-state index contributed by atoms with van der Waals surface area (Å²) in [5.74, 6) is 0.319. The number of likely N-dealkylation sites (tertiary alicyclic amines) is 1. The number of benzene rings is 1. The first-order chi connectivity index (χ1) is 8.24. The molecule has 2 aromatic rings. The Balaban J connectivity index is 1.95. The fraction of sp³-hybridized carbons (Fsp3) is 0.429. The maximum Gasteiger partial charge on any atom is 0.137 e. The van der Waals surface area contributed by atoms with Crippen LogP contribution in [0, 0.1) is 5.82 Å². The van der Waals surface area contributed by atoms with Crippen molar-refractivity contribution < 1.29 is 8.81 Å². The summed E-state index contributed by atoms with van der Waals surface area (Å²) in [7, 11) is 2.15. The van der Waals surface area contributed by atoms with Gasteiger partial charge in [-0.25, -0.2) is 4.39 Å². The van der Waals surface area contributed by atoms with Crippen molar-refractivity contribution in [3.8, 4) is 0 Å². The lowest BCUT2D eigenvalue weighted by Gasteiger charge is -2.28. The summed E-state index contributed by atoms with van der Waals surface area (Å²) in [5.41, 5.74) is 1.91. The van der Waals surface area contributed by atoms with E-state index in [1.54, 1.807) is 6.26 Å². The molecule has 2 heterocycles. The highest BCUT2D eigenvalue weighted by atomic mass is 19.1. The molecule has 3 rings (SSSR count). The van der Waals surface area contributed by atoms with Crippen molar-refractivity contribution in [2.75, 3.05) is 20.1 Å². The standard InChI is InChI=1S/C14H16FNO/c1-16-6-4-10(5-7-16)13-9-17-14-8-11(15)2-3-12(13)14/h2-3,8-10H,4-7H2,1H3. The van der Waals surface area contributed by atoms with Gasteiger partial charge in [-0.05, 0) is 51.0 Å². The van der Waals surface area contributed by atoms with E-state index in [0.717, 1.165) is 31.3 Å². The quantitative estimate of drug-likeness (QED) is 0.750. The van der Waals surface area contributed by atoms with Gasteiger partial charge in [0.1, 0.15) is 11.4 Å². The summed E-state index contributed by atoms with van der Waals surface area (Å²) in [4.78, 5) is 2.35. The first-order valence-electron chi connectivity index (χ1n) is 6.09. The van der Waals surface area contributed by atoms with Gasteiger partial charge >= 0.3 is 0 Å². The number of hydrogen-bond donors (Lipinski definition) is 0. The second-order valence-electron chi connectivity index (χ2n) is 4.91. The van der Waals surface area contributed by atoms with Crippen LogP contribution in [0.25, 0.3) is 11.0 Å². The molecule has 0 unspecified atom stereocenters. The van der Waals surface area contributed by atoms with E-state index in [0.29, 0.717) is 11.5 Å². The van der Waals surface area contributed by atoms with Gasteiger partial charge in [-0.3, -0.25) is 0 Å². The summed E-state index contributed by atoms with van der Waals surface area (Å²) in [6, 6.07) is 4.81. The highest BCUT2D eigenvalue weighted by Gasteiger charge is 2.21. The van der Waals surface area contributed by atoms with E-state index in [1.165, 1.54) is 17.7 Å². The summed E-state index contributed by atoms with van der Waals surface area (Å²) in [5, 5.41) is 1.07. The minimum atomic E-state index is -0.234. The average Bonchev–Trinajstić information content (AvgIpc) is 2.73. The Kier molecular flexibility index (Phi) is 2.63. The number of halogens is 1. The van der Waals surface area contributed by atoms with Gasteiger partial charge in [0, 0.05) is 17.0 Å². The molecular weight excluding hydrogens is 217 g/mol. The maximum atomic E-state index is 13.1. The molecule has 17 heavy (non-hydrogen) atoms. The molecule has 1 saturated heterocycles. The van der Waals surface area contributed by atoms with E-state index in [1.807, 2.05) is 6.07 Å². The highest BCUT2D eigenvalue weighted by molar-refractivity contribution is 5.81. The molecule has 1 aliphatic rings. The molecule has 0 saturated carbocycles. The van der Waals surface area contributed by atoms with Crippen LogP contribution >= 0.6 is 0 Å². The Morgan fingerprint density at radius 3 is 2.82 bits per heavy atom. The van der Waals surface area contributed by atoms with Crippen LogP contribution in [0.3, 0.4) is 0 Å². The average molecular weight is 233 g/mol. The van der Waals surface area contributed by atoms with Gasteiger partial charge in [0.15, 0.2) is 0 Å². The van der Waals surface area contributed by atoms with Gasteiger partial charge in [0.2, 0.25) is 0 Å². The van der Waals surface area contributed by atoms with Crippen LogP contribution in [0.5, 0.6) is 0 Å². The van der Waals surface area contributed by atoms with Crippen molar-refractivity contribution in [3.63, 3.8) is 0 Å². The fourth-order valence-corrected chi connectivity index (χ4v) is 2.66. The smallest absolute Gasteiger partial charge is 0.137 e. The zero-order chi connectivity index (χ0) is 11.8. The zero-order valence-corrected chi connectivity index (χ0v) is 9.95. The van der Waals surface area contributed by atoms with Crippen LogP contribution in [0.1, 0.15) is 24.3 Å². The minimum Gasteiger partial charge on any atom is -0.464 e. The van der Waals surface area contributed by atoms with E-state index in [2.05, 4.69) is 11.9 Å². The fourth-order valence-electron chi connectivity index (χ4n) is 2.66. The molecule has 1 aromatic carbocycles. The Labute approximate surface area is 100 Å². The van der Waals surface area contributed by atoms with Crippen molar-refractivity contribution in [2.24, 2.45) is 0 Å². The van der Waals surface area contributed by atoms with E-state index < -0.39 is 0 Å². The lowest BCUT2D eigenvalue weighted by molar-refractivity contribution is 0.255. The molecule has 0 N–H and O–H groups in total. The van der Waals surface area contributed by atoms with Gasteiger partial charge in [-0.15, -0.1) is 0 Å². The summed E-state index contributed by atoms with van der Waals surface area (Å²) in [6.45, 7) is 2.25. The molecule has 1 fully saturated rings. The van der Waals surface area contributed by atoms with Gasteiger partial charge in [-0.2, -0.15) is 0 Å². The zero-order valence-electron chi connectivity index (χ0n) is 9.95. The van der Waals surface area contributed by atoms with Gasteiger partial charge in [0.25, 0.3) is 0 Å². The topological polar surface area (TPSA) is 16.4 Å². The second-order valence-corrected chi connectivity index (χ2v) is 4.91. The summed E-state index contributed by atoms with van der Waals surface area (Å²) >= 11 is 0. The number of fused-ring (bicyclic) bond motifs is 1. The van der Waals surface area contributed by atoms with Crippen LogP contribution in [0.4, 0.5) is 4.39 Å². The SMILES string of the molecule is CN1CCC(c2coc3cc(F)ccc23)CC1. The summed E-state index contributed by atoms with van der Waals surface area (Å²) in [6.07, 6.45) is 4.12. The third-order valence-corrected chi connectivity index (χ3v) is 3.73. The van der Waals surface area contributed by atoms with Crippen LogP contribution < -0.4 is 0 Å². The number of hydrogen-bond acceptors (Lipinski definition) is 2. The molecule has 90 valence electrons. The van der Waals surface area contributed by atoms with Crippen molar-refractivity contribution in [1.29, 1.82) is 0 Å². The Morgan fingerprint density at radius 1 is 1.29 bits per heavy atom. The Morgan fingerprint density at radius 2 is 2.06 bits per heavy atom. The molecule has 3 heteroatoms. The first-order valence-corrected chi connectivity index (χ1v) is 6.09. The predicted octanol–water partition coefficient (Wildman–Crippen LogP) is 3.38. The first kappa shape index (κ1) is 10.8. The van der Waals surface area contributed by atoms with E-state index in [9.17, 15) is 4.39 Å². The third-order valence-electron chi connectivity index (χ3n) is 3.73. The van der Waals surface area contributed by atoms with Crippen molar-refractivity contribution in [3.05, 3.63) is 35.8 Å². The molecule has 0 spiro atoms. The van der Waals surface area contributed by atoms with Crippen molar-refractivity contribution in [2.45, 2.75) is 18.8 Å². The monoisotopic (exact) mass is 233 g/mol. The Bertz CT molecular complexity index is 526. The van der Waals surface area contributed by atoms with Crippen LogP contribution in [-0.4, -0.2) is 25.0 Å². The number of rotatable bonds is 1. The molecule has 2 nitrogen and oxygen atoms in total. The molecule has 1 aromatic heterocycles. The Hall–Kier alpha value is -1.35. The van der Waals surface area contributed by atoms with E-state index in [-0.39, 0.29) is 5.82 Å². The molecular formula is C14H16FNO. The molecule has 0 radical (unpaired) electrons.